The average molecular weight is 371 g/mol. The Morgan fingerprint density at radius 1 is 1.33 bits per heavy atom. The maximum atomic E-state index is 12.3. The molecule has 0 aromatic carbocycles. The Hall–Kier alpha value is -1.62. The van der Waals surface area contributed by atoms with Gasteiger partial charge in [0.05, 0.1) is 17.8 Å². The molecule has 5 nitrogen and oxygen atoms in total. The van der Waals surface area contributed by atoms with Gasteiger partial charge in [-0.3, -0.25) is 9.89 Å². The van der Waals surface area contributed by atoms with Crippen molar-refractivity contribution in [1.82, 2.24) is 20.4 Å². The van der Waals surface area contributed by atoms with E-state index >= 15 is 0 Å². The number of hydrogen-bond acceptors (Lipinski definition) is 3. The molecule has 1 fully saturated rings. The predicted molar refractivity (Wildman–Crippen MR) is 107 cm³/mol. The summed E-state index contributed by atoms with van der Waals surface area (Å²) in [6.07, 6.45) is 11.7. The second-order valence-corrected chi connectivity index (χ2v) is 9.57. The van der Waals surface area contributed by atoms with E-state index in [0.717, 1.165) is 32.1 Å². The van der Waals surface area contributed by atoms with Gasteiger partial charge in [0.1, 0.15) is 0 Å². The zero-order valence-electron chi connectivity index (χ0n) is 17.2. The van der Waals surface area contributed by atoms with Crippen LogP contribution in [0.15, 0.2) is 12.2 Å². The molecule has 4 rings (SSSR count). The number of carbonyl (C=O) groups excluding carboxylic acids is 1. The van der Waals surface area contributed by atoms with E-state index in [1.165, 1.54) is 23.4 Å². The summed E-state index contributed by atoms with van der Waals surface area (Å²) in [7, 11) is 1.95. The minimum Gasteiger partial charge on any atom is -0.339 e. The molecule has 1 aliphatic heterocycles. The number of fused-ring (bicyclic) bond motifs is 2. The van der Waals surface area contributed by atoms with Crippen LogP contribution in [-0.2, 0) is 17.6 Å². The Morgan fingerprint density at radius 3 is 2.93 bits per heavy atom. The highest BCUT2D eigenvalue weighted by molar-refractivity contribution is 5.76. The first kappa shape index (κ1) is 18.7. The third-order valence-corrected chi connectivity index (χ3v) is 6.89. The van der Waals surface area contributed by atoms with Crippen molar-refractivity contribution in [2.24, 2.45) is 11.3 Å². The topological polar surface area (TPSA) is 61.0 Å². The summed E-state index contributed by atoms with van der Waals surface area (Å²) in [5.74, 6) is 0.803. The van der Waals surface area contributed by atoms with Crippen LogP contribution in [0.1, 0.15) is 75.9 Å². The number of nitrogens with one attached hydrogen (secondary N) is 2. The summed E-state index contributed by atoms with van der Waals surface area (Å²) in [5, 5.41) is 11.9. The van der Waals surface area contributed by atoms with Crippen LogP contribution in [-0.4, -0.2) is 40.1 Å². The lowest BCUT2D eigenvalue weighted by atomic mass is 9.76. The minimum atomic E-state index is 0.213. The number of carbonyl (C=O) groups is 1. The molecule has 2 N–H and O–H groups in total. The molecule has 2 heterocycles. The molecule has 1 saturated heterocycles. The first-order chi connectivity index (χ1) is 12.9. The van der Waals surface area contributed by atoms with Gasteiger partial charge in [-0.05, 0) is 55.4 Å². The smallest absolute Gasteiger partial charge is 0.222 e. The number of nitrogens with zero attached hydrogens (tertiary/aromatic N) is 2. The van der Waals surface area contributed by atoms with Crippen molar-refractivity contribution >= 4 is 5.91 Å². The van der Waals surface area contributed by atoms with Crippen LogP contribution in [0.2, 0.25) is 0 Å². The van der Waals surface area contributed by atoms with Gasteiger partial charge in [0.15, 0.2) is 0 Å². The van der Waals surface area contributed by atoms with Crippen molar-refractivity contribution in [3.8, 4) is 0 Å². The highest BCUT2D eigenvalue weighted by atomic mass is 16.2. The lowest BCUT2D eigenvalue weighted by molar-refractivity contribution is -0.131. The van der Waals surface area contributed by atoms with Crippen molar-refractivity contribution in [3.05, 3.63) is 29.1 Å². The molecule has 0 radical (unpaired) electrons. The minimum absolute atomic E-state index is 0.213. The molecule has 0 saturated carbocycles. The average Bonchev–Trinajstić information content (AvgIpc) is 3.22. The van der Waals surface area contributed by atoms with E-state index in [2.05, 4.69) is 43.3 Å². The second kappa shape index (κ2) is 7.08. The predicted octanol–water partition coefficient (Wildman–Crippen LogP) is 3.53. The number of H-pyrrole nitrogens is 1. The summed E-state index contributed by atoms with van der Waals surface area (Å²) in [6, 6.07) is 0.987. The molecule has 3 aliphatic rings. The van der Waals surface area contributed by atoms with Crippen LogP contribution in [0.3, 0.4) is 0 Å². The van der Waals surface area contributed by atoms with E-state index in [-0.39, 0.29) is 11.9 Å². The fourth-order valence-electron chi connectivity index (χ4n) is 5.17. The number of rotatable bonds is 4. The standard InChI is InChI=1S/C22H34N4O/c1-5-6-20(27)26(4)15-8-7-14-11-18(23-17(14)12-15)21-16-9-10-22(2,3)13-19(16)24-25-21/h7-8,14-15,17-18,23H,5-6,9-13H2,1-4H3,(H,24,25). The van der Waals surface area contributed by atoms with E-state index in [9.17, 15) is 4.79 Å². The van der Waals surface area contributed by atoms with E-state index < -0.39 is 0 Å². The third kappa shape index (κ3) is 3.58. The number of aromatic nitrogens is 2. The lowest BCUT2D eigenvalue weighted by Gasteiger charge is -2.33. The normalized spacial score (nSPS) is 31.4. The molecule has 0 spiro atoms. The van der Waals surface area contributed by atoms with Crippen LogP contribution >= 0.6 is 0 Å². The number of likely N-dealkylation sites (N-methyl/N-ethyl adjacent to an activating group) is 1. The van der Waals surface area contributed by atoms with Gasteiger partial charge in [0.25, 0.3) is 0 Å². The van der Waals surface area contributed by atoms with Crippen molar-refractivity contribution < 1.29 is 4.79 Å². The van der Waals surface area contributed by atoms with E-state index in [4.69, 9.17) is 5.10 Å². The van der Waals surface area contributed by atoms with Gasteiger partial charge in [-0.15, -0.1) is 0 Å². The molecule has 27 heavy (non-hydrogen) atoms. The van der Waals surface area contributed by atoms with Gasteiger partial charge in [-0.25, -0.2) is 0 Å². The first-order valence-electron chi connectivity index (χ1n) is 10.6. The molecule has 148 valence electrons. The van der Waals surface area contributed by atoms with Gasteiger partial charge < -0.3 is 10.2 Å². The van der Waals surface area contributed by atoms with E-state index in [1.807, 2.05) is 11.9 Å². The SMILES string of the molecule is CCCC(=O)N(C)C1C=CC2CC(c3n[nH]c4c3CCC(C)(C)C4)NC2C1. The summed E-state index contributed by atoms with van der Waals surface area (Å²) >= 11 is 0. The fourth-order valence-corrected chi connectivity index (χ4v) is 5.17. The molecule has 5 heteroatoms. The number of aromatic amines is 1. The first-order valence-corrected chi connectivity index (χ1v) is 10.6. The van der Waals surface area contributed by atoms with Crippen LogP contribution in [0, 0.1) is 11.3 Å². The summed E-state index contributed by atoms with van der Waals surface area (Å²) in [4.78, 5) is 14.2. The Labute approximate surface area is 163 Å². The van der Waals surface area contributed by atoms with Gasteiger partial charge in [-0.2, -0.15) is 5.10 Å². The van der Waals surface area contributed by atoms with Crippen molar-refractivity contribution in [3.63, 3.8) is 0 Å². The number of hydrogen-bond donors (Lipinski definition) is 2. The van der Waals surface area contributed by atoms with Crippen molar-refractivity contribution in [2.75, 3.05) is 7.05 Å². The molecule has 1 aromatic heterocycles. The third-order valence-electron chi connectivity index (χ3n) is 6.89. The quantitative estimate of drug-likeness (QED) is 0.797. The maximum absolute atomic E-state index is 12.3. The summed E-state index contributed by atoms with van der Waals surface area (Å²) < 4.78 is 0. The van der Waals surface area contributed by atoms with Crippen molar-refractivity contribution in [2.45, 2.75) is 83.8 Å². The van der Waals surface area contributed by atoms with Crippen LogP contribution in [0.4, 0.5) is 0 Å². The second-order valence-electron chi connectivity index (χ2n) is 9.57. The van der Waals surface area contributed by atoms with Crippen LogP contribution in [0.5, 0.6) is 0 Å². The van der Waals surface area contributed by atoms with E-state index in [1.54, 1.807) is 0 Å². The highest BCUT2D eigenvalue weighted by Crippen LogP contribution is 2.41. The Morgan fingerprint density at radius 2 is 2.15 bits per heavy atom. The van der Waals surface area contributed by atoms with Crippen LogP contribution in [0.25, 0.3) is 0 Å². The Kier molecular flexibility index (Phi) is 4.91. The van der Waals surface area contributed by atoms with Gasteiger partial charge in [0, 0.05) is 25.2 Å². The zero-order chi connectivity index (χ0) is 19.2. The highest BCUT2D eigenvalue weighted by Gasteiger charge is 2.40. The Balaban J connectivity index is 1.44. The lowest BCUT2D eigenvalue weighted by Crippen LogP contribution is -2.43. The Bertz CT molecular complexity index is 735. The molecule has 2 aliphatic carbocycles. The largest absolute Gasteiger partial charge is 0.339 e. The molecule has 1 aromatic rings. The molecule has 0 bridgehead atoms. The van der Waals surface area contributed by atoms with Gasteiger partial charge in [0.2, 0.25) is 5.91 Å². The summed E-state index contributed by atoms with van der Waals surface area (Å²) in [6.45, 7) is 6.76. The van der Waals surface area contributed by atoms with Gasteiger partial charge in [-0.1, -0.05) is 32.9 Å². The molecular weight excluding hydrogens is 336 g/mol. The molecular formula is C22H34N4O. The number of amides is 1. The zero-order valence-corrected chi connectivity index (χ0v) is 17.2. The molecule has 4 unspecified atom stereocenters. The van der Waals surface area contributed by atoms with E-state index in [0.29, 0.717) is 29.8 Å². The summed E-state index contributed by atoms with van der Waals surface area (Å²) in [5.41, 5.74) is 4.42. The monoisotopic (exact) mass is 370 g/mol. The molecule has 4 atom stereocenters. The fraction of sp³-hybridized carbons (Fsp3) is 0.727. The maximum Gasteiger partial charge on any atom is 0.222 e. The molecule has 1 amide bonds. The van der Waals surface area contributed by atoms with Crippen LogP contribution < -0.4 is 5.32 Å². The van der Waals surface area contributed by atoms with Crippen molar-refractivity contribution in [1.29, 1.82) is 0 Å². The van der Waals surface area contributed by atoms with Gasteiger partial charge >= 0.3 is 0 Å².